The fraction of sp³-hybridized carbons (Fsp3) is 0.438. The number of hydrogen-bond acceptors (Lipinski definition) is 5. The number of thiazole rings is 1. The van der Waals surface area contributed by atoms with Crippen LogP contribution in [-0.2, 0) is 11.3 Å². The van der Waals surface area contributed by atoms with Gasteiger partial charge < -0.3 is 14.5 Å². The highest BCUT2D eigenvalue weighted by Crippen LogP contribution is 2.10. The Kier molecular flexibility index (Phi) is 5.68. The van der Waals surface area contributed by atoms with Crippen LogP contribution in [0.4, 0.5) is 0 Å². The molecule has 7 heteroatoms. The Morgan fingerprint density at radius 3 is 2.83 bits per heavy atom. The van der Waals surface area contributed by atoms with Gasteiger partial charge in [0, 0.05) is 17.8 Å². The van der Waals surface area contributed by atoms with E-state index in [4.69, 9.17) is 4.74 Å². The topological polar surface area (TPSA) is 59.8 Å². The van der Waals surface area contributed by atoms with Crippen LogP contribution < -0.4 is 4.90 Å². The van der Waals surface area contributed by atoms with Crippen molar-refractivity contribution in [3.63, 3.8) is 0 Å². The molecule has 0 spiro atoms. The molecule has 0 unspecified atom stereocenters. The van der Waals surface area contributed by atoms with Crippen LogP contribution in [0, 0.1) is 0 Å². The highest BCUT2D eigenvalue weighted by atomic mass is 32.1. The number of morpholine rings is 1. The van der Waals surface area contributed by atoms with Gasteiger partial charge in [0.1, 0.15) is 23.8 Å². The van der Waals surface area contributed by atoms with Crippen molar-refractivity contribution in [2.75, 3.05) is 39.4 Å². The number of amides is 1. The zero-order valence-corrected chi connectivity index (χ0v) is 13.8. The first-order chi connectivity index (χ1) is 11.3. The number of carbonyl (C=O) groups is 1. The Morgan fingerprint density at radius 2 is 2.13 bits per heavy atom. The predicted octanol–water partition coefficient (Wildman–Crippen LogP) is 0.0956. The van der Waals surface area contributed by atoms with E-state index in [1.807, 2.05) is 22.4 Å². The summed E-state index contributed by atoms with van der Waals surface area (Å²) in [6.45, 7) is 5.77. The number of nitrogens with one attached hydrogen (secondary N) is 1. The number of quaternary nitrogens is 1. The number of carbonyl (C=O) groups excluding carboxylic acids is 1. The minimum absolute atomic E-state index is 0.0338. The van der Waals surface area contributed by atoms with Crippen molar-refractivity contribution in [3.8, 4) is 0 Å². The van der Waals surface area contributed by atoms with E-state index in [1.165, 1.54) is 4.90 Å². The second kappa shape index (κ2) is 8.14. The summed E-state index contributed by atoms with van der Waals surface area (Å²) in [4.78, 5) is 24.6. The fourth-order valence-corrected chi connectivity index (χ4v) is 3.23. The van der Waals surface area contributed by atoms with Gasteiger partial charge in [-0.3, -0.25) is 9.78 Å². The maximum atomic E-state index is 12.8. The highest BCUT2D eigenvalue weighted by Gasteiger charge is 2.21. The van der Waals surface area contributed by atoms with Gasteiger partial charge >= 0.3 is 0 Å². The van der Waals surface area contributed by atoms with E-state index in [0.717, 1.165) is 37.9 Å². The number of nitrogens with zero attached hydrogens (tertiary/aromatic N) is 3. The molecule has 1 fully saturated rings. The summed E-state index contributed by atoms with van der Waals surface area (Å²) in [5.41, 5.74) is 0.487. The fourth-order valence-electron chi connectivity index (χ4n) is 2.60. The summed E-state index contributed by atoms with van der Waals surface area (Å²) in [7, 11) is 0. The number of hydrogen-bond donors (Lipinski definition) is 1. The normalized spacial score (nSPS) is 15.5. The Labute approximate surface area is 139 Å². The zero-order valence-electron chi connectivity index (χ0n) is 13.0. The third-order valence-corrected chi connectivity index (χ3v) is 4.68. The van der Waals surface area contributed by atoms with Gasteiger partial charge in [-0.05, 0) is 12.1 Å². The molecule has 6 nitrogen and oxygen atoms in total. The molecular weight excluding hydrogens is 312 g/mol. The molecular formula is C16H21N4O2S+. The van der Waals surface area contributed by atoms with Crippen molar-refractivity contribution >= 4 is 17.2 Å². The lowest BCUT2D eigenvalue weighted by molar-refractivity contribution is -0.907. The highest BCUT2D eigenvalue weighted by molar-refractivity contribution is 7.09. The summed E-state index contributed by atoms with van der Waals surface area (Å²) in [5.74, 6) is -0.0338. The molecule has 1 aliphatic heterocycles. The second-order valence-corrected chi connectivity index (χ2v) is 6.46. The van der Waals surface area contributed by atoms with Crippen LogP contribution in [0.25, 0.3) is 0 Å². The van der Waals surface area contributed by atoms with Crippen molar-refractivity contribution < 1.29 is 14.4 Å². The molecule has 0 radical (unpaired) electrons. The van der Waals surface area contributed by atoms with Crippen LogP contribution in [0.1, 0.15) is 15.5 Å². The molecule has 3 rings (SSSR count). The summed E-state index contributed by atoms with van der Waals surface area (Å²) >= 11 is 1.57. The Morgan fingerprint density at radius 1 is 1.26 bits per heavy atom. The molecule has 1 saturated heterocycles. The number of aromatic nitrogens is 2. The summed E-state index contributed by atoms with van der Waals surface area (Å²) in [5, 5.41) is 2.89. The molecule has 0 bridgehead atoms. The van der Waals surface area contributed by atoms with E-state index in [2.05, 4.69) is 9.97 Å². The monoisotopic (exact) mass is 333 g/mol. The molecule has 2 aromatic heterocycles. The quantitative estimate of drug-likeness (QED) is 0.814. The Bertz CT molecular complexity index is 600. The molecule has 0 aromatic carbocycles. The number of rotatable bonds is 6. The van der Waals surface area contributed by atoms with Gasteiger partial charge in [0.05, 0.1) is 32.8 Å². The minimum atomic E-state index is -0.0338. The molecule has 3 heterocycles. The van der Waals surface area contributed by atoms with Crippen LogP contribution >= 0.6 is 11.3 Å². The van der Waals surface area contributed by atoms with Gasteiger partial charge in [-0.1, -0.05) is 6.07 Å². The lowest BCUT2D eigenvalue weighted by atomic mass is 10.3. The molecule has 23 heavy (non-hydrogen) atoms. The average Bonchev–Trinajstić information content (AvgIpc) is 3.13. The first-order valence-electron chi connectivity index (χ1n) is 7.83. The first kappa shape index (κ1) is 16.0. The van der Waals surface area contributed by atoms with Crippen molar-refractivity contribution in [1.29, 1.82) is 0 Å². The van der Waals surface area contributed by atoms with E-state index in [-0.39, 0.29) is 5.91 Å². The van der Waals surface area contributed by atoms with Crippen molar-refractivity contribution in [3.05, 3.63) is 46.7 Å². The molecule has 122 valence electrons. The Balaban J connectivity index is 1.66. The lowest BCUT2D eigenvalue weighted by Crippen LogP contribution is -3.14. The molecule has 0 aliphatic carbocycles. The van der Waals surface area contributed by atoms with Crippen molar-refractivity contribution in [1.82, 2.24) is 14.9 Å². The lowest BCUT2D eigenvalue weighted by Gasteiger charge is -2.27. The van der Waals surface area contributed by atoms with E-state index in [9.17, 15) is 4.79 Å². The molecule has 1 amide bonds. The maximum absolute atomic E-state index is 12.8. The minimum Gasteiger partial charge on any atom is -0.370 e. The van der Waals surface area contributed by atoms with Crippen LogP contribution in [0.15, 0.2) is 36.0 Å². The SMILES string of the molecule is O=C(c1ccccn1)N(CC[NH+]1CCOCC1)Cc1nccs1. The standard InChI is InChI=1S/C16H20N4O2S/c21-16(14-3-1-2-4-17-14)20(13-15-18-5-12-23-15)7-6-19-8-10-22-11-9-19/h1-5,12H,6-11,13H2/p+1. The molecule has 1 N–H and O–H groups in total. The van der Waals surface area contributed by atoms with Gasteiger partial charge in [-0.15, -0.1) is 11.3 Å². The average molecular weight is 333 g/mol. The summed E-state index contributed by atoms with van der Waals surface area (Å²) in [6, 6.07) is 5.42. The number of ether oxygens (including phenoxy) is 1. The molecule has 0 saturated carbocycles. The van der Waals surface area contributed by atoms with E-state index >= 15 is 0 Å². The van der Waals surface area contributed by atoms with Gasteiger partial charge in [0.25, 0.3) is 5.91 Å². The van der Waals surface area contributed by atoms with Gasteiger partial charge in [0.15, 0.2) is 0 Å². The summed E-state index contributed by atoms with van der Waals surface area (Å²) in [6.07, 6.45) is 3.43. The molecule has 2 aromatic rings. The third-order valence-electron chi connectivity index (χ3n) is 3.92. The molecule has 0 atom stereocenters. The second-order valence-electron chi connectivity index (χ2n) is 5.48. The summed E-state index contributed by atoms with van der Waals surface area (Å²) < 4.78 is 5.39. The van der Waals surface area contributed by atoms with E-state index in [1.54, 1.807) is 29.8 Å². The predicted molar refractivity (Wildman–Crippen MR) is 87.5 cm³/mol. The van der Waals surface area contributed by atoms with Crippen LogP contribution in [-0.4, -0.2) is 60.2 Å². The van der Waals surface area contributed by atoms with Gasteiger partial charge in [-0.25, -0.2) is 4.98 Å². The zero-order chi connectivity index (χ0) is 15.9. The van der Waals surface area contributed by atoms with Crippen LogP contribution in [0.3, 0.4) is 0 Å². The van der Waals surface area contributed by atoms with Gasteiger partial charge in [-0.2, -0.15) is 0 Å². The number of pyridine rings is 1. The maximum Gasteiger partial charge on any atom is 0.273 e. The van der Waals surface area contributed by atoms with Crippen LogP contribution in [0.5, 0.6) is 0 Å². The third kappa shape index (κ3) is 4.57. The first-order valence-corrected chi connectivity index (χ1v) is 8.71. The Hall–Kier alpha value is -1.83. The van der Waals surface area contributed by atoms with Crippen LogP contribution in [0.2, 0.25) is 0 Å². The smallest absolute Gasteiger partial charge is 0.273 e. The van der Waals surface area contributed by atoms with Crippen molar-refractivity contribution in [2.45, 2.75) is 6.54 Å². The van der Waals surface area contributed by atoms with E-state index < -0.39 is 0 Å². The largest absolute Gasteiger partial charge is 0.370 e. The van der Waals surface area contributed by atoms with Crippen molar-refractivity contribution in [2.24, 2.45) is 0 Å². The van der Waals surface area contributed by atoms with E-state index in [0.29, 0.717) is 18.8 Å². The van der Waals surface area contributed by atoms with Gasteiger partial charge in [0.2, 0.25) is 0 Å². The molecule has 1 aliphatic rings.